The van der Waals surface area contributed by atoms with Gasteiger partial charge in [0.1, 0.15) is 0 Å². The van der Waals surface area contributed by atoms with Crippen LogP contribution in [0, 0.1) is 0 Å². The van der Waals surface area contributed by atoms with Gasteiger partial charge in [-0.3, -0.25) is 9.97 Å². The molecule has 0 atom stereocenters. The molecule has 0 unspecified atom stereocenters. The summed E-state index contributed by atoms with van der Waals surface area (Å²) >= 11 is 0. The first-order valence-corrected chi connectivity index (χ1v) is 12.7. The Labute approximate surface area is 223 Å². The number of hydrogen-bond acceptors (Lipinski definition) is 2. The van der Waals surface area contributed by atoms with Gasteiger partial charge in [0.15, 0.2) is 0 Å². The summed E-state index contributed by atoms with van der Waals surface area (Å²) in [6, 6.07) is 42.5. The maximum Gasteiger partial charge on any atom is 0.0273 e. The topological polar surface area (TPSA) is 25.8 Å². The van der Waals surface area contributed by atoms with Gasteiger partial charge in [-0.05, 0) is 79.9 Å². The normalized spacial score (nSPS) is 11.1. The van der Waals surface area contributed by atoms with E-state index >= 15 is 0 Å². The summed E-state index contributed by atoms with van der Waals surface area (Å²) < 4.78 is 0. The van der Waals surface area contributed by atoms with Gasteiger partial charge in [-0.15, -0.1) is 0 Å². The van der Waals surface area contributed by atoms with Gasteiger partial charge in [-0.2, -0.15) is 0 Å². The molecule has 38 heavy (non-hydrogen) atoms. The average Bonchev–Trinajstić information content (AvgIpc) is 3.01. The molecule has 4 aromatic carbocycles. The van der Waals surface area contributed by atoms with Gasteiger partial charge < -0.3 is 0 Å². The first kappa shape index (κ1) is 23.3. The Morgan fingerprint density at radius 1 is 0.316 bits per heavy atom. The van der Waals surface area contributed by atoms with Gasteiger partial charge in [-0.1, -0.05) is 109 Å². The molecule has 2 heteroatoms. The molecule has 0 aliphatic heterocycles. The van der Waals surface area contributed by atoms with E-state index in [4.69, 9.17) is 0 Å². The molecule has 2 aromatic heterocycles. The lowest BCUT2D eigenvalue weighted by atomic mass is 9.89. The molecule has 2 heterocycles. The van der Waals surface area contributed by atoms with E-state index in [1.165, 1.54) is 44.5 Å². The zero-order valence-electron chi connectivity index (χ0n) is 20.9. The molecule has 0 N–H and O–H groups in total. The Morgan fingerprint density at radius 2 is 0.632 bits per heavy atom. The highest BCUT2D eigenvalue weighted by Crippen LogP contribution is 2.37. The van der Waals surface area contributed by atoms with Crippen LogP contribution >= 0.6 is 0 Å². The summed E-state index contributed by atoms with van der Waals surface area (Å²) in [5, 5.41) is 0. The number of pyridine rings is 2. The molecule has 6 rings (SSSR count). The summed E-state index contributed by atoms with van der Waals surface area (Å²) in [5.74, 6) is 0. The minimum atomic E-state index is 1.14. The van der Waals surface area contributed by atoms with E-state index in [0.717, 1.165) is 11.1 Å². The fraction of sp³-hybridized carbons (Fsp3) is 0. The number of aromatic nitrogens is 2. The number of rotatable bonds is 6. The van der Waals surface area contributed by atoms with E-state index in [-0.39, 0.29) is 0 Å². The van der Waals surface area contributed by atoms with Crippen molar-refractivity contribution in [2.24, 2.45) is 0 Å². The summed E-state index contributed by atoms with van der Waals surface area (Å²) in [7, 11) is 0. The molecule has 0 fully saturated rings. The highest BCUT2D eigenvalue weighted by atomic mass is 14.6. The third-order valence-corrected chi connectivity index (χ3v) is 6.78. The molecular weight excluding hydrogens is 460 g/mol. The van der Waals surface area contributed by atoms with Crippen LogP contribution in [0.5, 0.6) is 0 Å². The average molecular weight is 487 g/mol. The van der Waals surface area contributed by atoms with Crippen LogP contribution < -0.4 is 0 Å². The van der Waals surface area contributed by atoms with Crippen molar-refractivity contribution in [1.29, 1.82) is 0 Å². The number of benzene rings is 4. The van der Waals surface area contributed by atoms with Crippen LogP contribution in [-0.2, 0) is 0 Å². The SMILES string of the molecule is C(=Cc1c(-c2ccccc2)cccc1-c1ccncc1)c1c(-c2ccccc2)cccc1-c1ccncc1. The Hall–Kier alpha value is -5.08. The monoisotopic (exact) mass is 486 g/mol. The van der Waals surface area contributed by atoms with Crippen LogP contribution in [0.2, 0.25) is 0 Å². The lowest BCUT2D eigenvalue weighted by Crippen LogP contribution is -1.91. The van der Waals surface area contributed by atoms with Gasteiger partial charge in [0.25, 0.3) is 0 Å². The maximum atomic E-state index is 4.24. The van der Waals surface area contributed by atoms with E-state index in [2.05, 4.69) is 143 Å². The lowest BCUT2D eigenvalue weighted by molar-refractivity contribution is 1.33. The first-order chi connectivity index (χ1) is 18.9. The fourth-order valence-electron chi connectivity index (χ4n) is 4.96. The van der Waals surface area contributed by atoms with Crippen LogP contribution in [-0.4, -0.2) is 9.97 Å². The van der Waals surface area contributed by atoms with Gasteiger partial charge in [0.05, 0.1) is 0 Å². The smallest absolute Gasteiger partial charge is 0.0273 e. The highest BCUT2D eigenvalue weighted by Gasteiger charge is 2.13. The molecule has 0 bridgehead atoms. The minimum absolute atomic E-state index is 1.14. The summed E-state index contributed by atoms with van der Waals surface area (Å²) in [6.07, 6.45) is 11.9. The molecule has 0 spiro atoms. The predicted molar refractivity (Wildman–Crippen MR) is 159 cm³/mol. The number of nitrogens with zero attached hydrogens (tertiary/aromatic N) is 2. The van der Waals surface area contributed by atoms with Crippen LogP contribution in [0.4, 0.5) is 0 Å². The zero-order valence-corrected chi connectivity index (χ0v) is 20.9. The Morgan fingerprint density at radius 3 is 0.974 bits per heavy atom. The van der Waals surface area contributed by atoms with Crippen molar-refractivity contribution in [3.8, 4) is 44.5 Å². The molecule has 2 nitrogen and oxygen atoms in total. The molecule has 0 radical (unpaired) electrons. The van der Waals surface area contributed by atoms with Crippen molar-refractivity contribution in [3.05, 3.63) is 157 Å². The van der Waals surface area contributed by atoms with Crippen molar-refractivity contribution in [3.63, 3.8) is 0 Å². The molecule has 0 aliphatic rings. The summed E-state index contributed by atoms with van der Waals surface area (Å²) in [5.41, 5.74) is 11.7. The fourth-order valence-corrected chi connectivity index (χ4v) is 4.96. The number of hydrogen-bond donors (Lipinski definition) is 0. The van der Waals surface area contributed by atoms with E-state index in [9.17, 15) is 0 Å². The molecule has 0 amide bonds. The Kier molecular flexibility index (Phi) is 6.69. The largest absolute Gasteiger partial charge is 0.265 e. The van der Waals surface area contributed by atoms with Crippen LogP contribution in [0.3, 0.4) is 0 Å². The van der Waals surface area contributed by atoms with Crippen molar-refractivity contribution < 1.29 is 0 Å². The maximum absolute atomic E-state index is 4.24. The second-order valence-corrected chi connectivity index (χ2v) is 9.07. The molecule has 180 valence electrons. The zero-order chi connectivity index (χ0) is 25.6. The molecule has 0 saturated carbocycles. The molecule has 6 aromatic rings. The van der Waals surface area contributed by atoms with Crippen molar-refractivity contribution in [1.82, 2.24) is 9.97 Å². The van der Waals surface area contributed by atoms with E-state index in [1.807, 2.05) is 24.8 Å². The van der Waals surface area contributed by atoms with Crippen LogP contribution in [0.1, 0.15) is 11.1 Å². The van der Waals surface area contributed by atoms with Gasteiger partial charge in [0, 0.05) is 24.8 Å². The van der Waals surface area contributed by atoms with E-state index in [0.29, 0.717) is 0 Å². The third-order valence-electron chi connectivity index (χ3n) is 6.78. The van der Waals surface area contributed by atoms with Crippen molar-refractivity contribution in [2.45, 2.75) is 0 Å². The molecule has 0 aliphatic carbocycles. The Bertz CT molecular complexity index is 1430. The van der Waals surface area contributed by atoms with Gasteiger partial charge in [-0.25, -0.2) is 0 Å². The first-order valence-electron chi connectivity index (χ1n) is 12.7. The van der Waals surface area contributed by atoms with Crippen molar-refractivity contribution >= 4 is 12.2 Å². The predicted octanol–water partition coefficient (Wildman–Crippen LogP) is 9.31. The van der Waals surface area contributed by atoms with E-state index in [1.54, 1.807) is 0 Å². The van der Waals surface area contributed by atoms with Gasteiger partial charge >= 0.3 is 0 Å². The highest BCUT2D eigenvalue weighted by molar-refractivity contribution is 5.95. The van der Waals surface area contributed by atoms with Crippen LogP contribution in [0.25, 0.3) is 56.7 Å². The second-order valence-electron chi connectivity index (χ2n) is 9.07. The minimum Gasteiger partial charge on any atom is -0.265 e. The van der Waals surface area contributed by atoms with Crippen molar-refractivity contribution in [2.75, 3.05) is 0 Å². The van der Waals surface area contributed by atoms with Crippen LogP contribution in [0.15, 0.2) is 146 Å². The standard InChI is InChI=1S/C36H26N2/c1-3-9-27(10-4-1)31-13-7-15-33(29-19-23-37-24-20-29)35(31)17-18-36-32(28-11-5-2-6-12-28)14-8-16-34(36)30-21-25-38-26-22-30/h1-26H. The quantitative estimate of drug-likeness (QED) is 0.219. The summed E-state index contributed by atoms with van der Waals surface area (Å²) in [4.78, 5) is 8.48. The summed E-state index contributed by atoms with van der Waals surface area (Å²) in [6.45, 7) is 0. The Balaban J connectivity index is 1.58. The second kappa shape index (κ2) is 10.9. The molecular formula is C36H26N2. The lowest BCUT2D eigenvalue weighted by Gasteiger charge is -2.15. The van der Waals surface area contributed by atoms with Gasteiger partial charge in [0.2, 0.25) is 0 Å². The molecule has 0 saturated heterocycles. The van der Waals surface area contributed by atoms with E-state index < -0.39 is 0 Å². The third kappa shape index (κ3) is 4.80.